The topological polar surface area (TPSA) is 62.8 Å². The number of rotatable bonds is 7. The Bertz CT molecular complexity index is 1300. The fourth-order valence-corrected chi connectivity index (χ4v) is 5.34. The second-order valence-electron chi connectivity index (χ2n) is 8.43. The maximum atomic E-state index is 5.83. The first kappa shape index (κ1) is 21.4. The van der Waals surface area contributed by atoms with Crippen LogP contribution in [-0.4, -0.2) is 21.1 Å². The number of hydrogen-bond donors (Lipinski definition) is 2. The lowest BCUT2D eigenvalue weighted by molar-refractivity contribution is 0.242. The summed E-state index contributed by atoms with van der Waals surface area (Å²) in [6.07, 6.45) is 13.6. The summed E-state index contributed by atoms with van der Waals surface area (Å²) in [6.45, 7) is 4.73. The van der Waals surface area contributed by atoms with Crippen LogP contribution in [0.1, 0.15) is 48.8 Å². The smallest absolute Gasteiger partial charge is 0.135 e. The molecule has 166 valence electrons. The fourth-order valence-electron chi connectivity index (χ4n) is 4.38. The second kappa shape index (κ2) is 9.22. The zero-order valence-electron chi connectivity index (χ0n) is 18.8. The molecule has 2 N–H and O–H groups in total. The van der Waals surface area contributed by atoms with Crippen molar-refractivity contribution in [2.45, 2.75) is 45.4 Å². The summed E-state index contributed by atoms with van der Waals surface area (Å²) >= 11 is 1.70. The molecule has 0 saturated heterocycles. The van der Waals surface area contributed by atoms with E-state index in [1.807, 2.05) is 44.4 Å². The van der Waals surface area contributed by atoms with Crippen molar-refractivity contribution in [1.29, 1.82) is 0 Å². The van der Waals surface area contributed by atoms with E-state index < -0.39 is 0 Å². The van der Waals surface area contributed by atoms with Crippen LogP contribution in [0.3, 0.4) is 0 Å². The van der Waals surface area contributed by atoms with Crippen molar-refractivity contribution >= 4 is 11.3 Å². The van der Waals surface area contributed by atoms with E-state index in [0.29, 0.717) is 6.04 Å². The van der Waals surface area contributed by atoms with Crippen LogP contribution < -0.4 is 10.1 Å². The summed E-state index contributed by atoms with van der Waals surface area (Å²) in [5.74, 6) is 4.45. The van der Waals surface area contributed by atoms with Gasteiger partial charge in [0.1, 0.15) is 16.6 Å². The van der Waals surface area contributed by atoms with Gasteiger partial charge >= 0.3 is 0 Å². The number of hydrogen-bond acceptors (Lipinski definition) is 5. The van der Waals surface area contributed by atoms with E-state index in [1.165, 1.54) is 21.6 Å². The summed E-state index contributed by atoms with van der Waals surface area (Å²) in [4.78, 5) is 13.4. The van der Waals surface area contributed by atoms with Crippen molar-refractivity contribution in [3.8, 4) is 39.1 Å². The first-order valence-corrected chi connectivity index (χ1v) is 12.0. The molecule has 1 aliphatic carbocycles. The van der Waals surface area contributed by atoms with E-state index >= 15 is 0 Å². The molecule has 0 spiro atoms. The number of imidazole rings is 1. The van der Waals surface area contributed by atoms with Gasteiger partial charge in [-0.1, -0.05) is 24.1 Å². The molecule has 1 aliphatic rings. The predicted octanol–water partition coefficient (Wildman–Crippen LogP) is 5.75. The van der Waals surface area contributed by atoms with Crippen LogP contribution in [0, 0.1) is 12.3 Å². The van der Waals surface area contributed by atoms with Crippen molar-refractivity contribution in [2.24, 2.45) is 0 Å². The van der Waals surface area contributed by atoms with E-state index in [0.717, 1.165) is 47.1 Å². The lowest BCUT2D eigenvalue weighted by Gasteiger charge is -2.14. The highest BCUT2D eigenvalue weighted by molar-refractivity contribution is 7.18. The molecular weight excluding hydrogens is 428 g/mol. The lowest BCUT2D eigenvalue weighted by atomic mass is 10.0. The molecule has 2 aromatic carbocycles. The molecule has 1 atom stereocenters. The summed E-state index contributed by atoms with van der Waals surface area (Å²) in [6, 6.07) is 12.9. The monoisotopic (exact) mass is 454 g/mol. The molecule has 0 aliphatic heterocycles. The average Bonchev–Trinajstić information content (AvgIpc) is 3.58. The van der Waals surface area contributed by atoms with Gasteiger partial charge in [-0.2, -0.15) is 0 Å². The summed E-state index contributed by atoms with van der Waals surface area (Å²) in [5.41, 5.74) is 5.83. The van der Waals surface area contributed by atoms with Crippen LogP contribution in [0.4, 0.5) is 0 Å². The quantitative estimate of drug-likeness (QED) is 0.349. The maximum Gasteiger partial charge on any atom is 0.135 e. The number of fused-ring (bicyclic) bond motifs is 1. The number of ether oxygens (including phenoxy) is 1. The SMILES string of the molecule is C#Cc1cc(-c2ncc(-c3cccc4c3CC[C@@H]4NCc3ncc[nH]3)s2)ccc1OC(C)C. The Kier molecular flexibility index (Phi) is 5.99. The third-order valence-corrected chi connectivity index (χ3v) is 6.94. The minimum absolute atomic E-state index is 0.0759. The first-order chi connectivity index (χ1) is 16.1. The average molecular weight is 455 g/mol. The molecule has 5 rings (SSSR count). The number of aromatic amines is 1. The zero-order valence-corrected chi connectivity index (χ0v) is 19.6. The van der Waals surface area contributed by atoms with E-state index in [-0.39, 0.29) is 6.10 Å². The number of thiazole rings is 1. The van der Waals surface area contributed by atoms with Crippen molar-refractivity contribution in [2.75, 3.05) is 0 Å². The van der Waals surface area contributed by atoms with E-state index in [9.17, 15) is 0 Å². The molecule has 4 aromatic rings. The molecule has 0 saturated carbocycles. The van der Waals surface area contributed by atoms with Crippen LogP contribution in [-0.2, 0) is 13.0 Å². The predicted molar refractivity (Wildman–Crippen MR) is 133 cm³/mol. The van der Waals surface area contributed by atoms with Gasteiger partial charge in [0, 0.05) is 30.2 Å². The molecular formula is C27H26N4OS. The summed E-state index contributed by atoms with van der Waals surface area (Å²) in [7, 11) is 0. The normalized spacial score (nSPS) is 14.9. The number of benzene rings is 2. The summed E-state index contributed by atoms with van der Waals surface area (Å²) < 4.78 is 5.83. The Morgan fingerprint density at radius 3 is 2.97 bits per heavy atom. The summed E-state index contributed by atoms with van der Waals surface area (Å²) in [5, 5.41) is 4.60. The Morgan fingerprint density at radius 1 is 1.27 bits per heavy atom. The van der Waals surface area contributed by atoms with Gasteiger partial charge < -0.3 is 15.0 Å². The Labute approximate surface area is 198 Å². The van der Waals surface area contributed by atoms with Gasteiger partial charge in [-0.25, -0.2) is 9.97 Å². The highest BCUT2D eigenvalue weighted by atomic mass is 32.1. The van der Waals surface area contributed by atoms with E-state index in [4.69, 9.17) is 16.1 Å². The number of terminal acetylenes is 1. The molecule has 0 fully saturated rings. The van der Waals surface area contributed by atoms with Gasteiger partial charge in [0.15, 0.2) is 0 Å². The molecule has 33 heavy (non-hydrogen) atoms. The van der Waals surface area contributed by atoms with E-state index in [2.05, 4.69) is 39.4 Å². The lowest BCUT2D eigenvalue weighted by Crippen LogP contribution is -2.19. The molecule has 2 aromatic heterocycles. The fraction of sp³-hybridized carbons (Fsp3) is 0.259. The van der Waals surface area contributed by atoms with Crippen molar-refractivity contribution in [3.05, 3.63) is 77.5 Å². The van der Waals surface area contributed by atoms with E-state index in [1.54, 1.807) is 17.5 Å². The number of H-pyrrole nitrogens is 1. The molecule has 0 amide bonds. The molecule has 0 unspecified atom stereocenters. The highest BCUT2D eigenvalue weighted by Crippen LogP contribution is 2.41. The number of nitrogens with one attached hydrogen (secondary N) is 2. The van der Waals surface area contributed by atoms with Gasteiger partial charge in [-0.3, -0.25) is 0 Å². The van der Waals surface area contributed by atoms with Gasteiger partial charge in [0.05, 0.1) is 23.1 Å². The Balaban J connectivity index is 1.39. The van der Waals surface area contributed by atoms with Gasteiger partial charge in [-0.15, -0.1) is 17.8 Å². The minimum Gasteiger partial charge on any atom is -0.490 e. The number of nitrogens with zero attached hydrogens (tertiary/aromatic N) is 2. The second-order valence-corrected chi connectivity index (χ2v) is 9.46. The van der Waals surface area contributed by atoms with Crippen molar-refractivity contribution < 1.29 is 4.74 Å². The largest absolute Gasteiger partial charge is 0.490 e. The minimum atomic E-state index is 0.0759. The van der Waals surface area contributed by atoms with Gasteiger partial charge in [0.2, 0.25) is 0 Å². The standard InChI is InChI=1S/C27H26N4OS/c1-4-18-14-19(8-11-24(18)32-17(2)3)27-31-15-25(33-27)22-7-5-6-21-20(22)9-10-23(21)30-16-26-28-12-13-29-26/h1,5-8,11-15,17,23,30H,9-10,16H2,2-3H3,(H,28,29)/t23-/m0/s1. The maximum absolute atomic E-state index is 5.83. The number of aromatic nitrogens is 3. The van der Waals surface area contributed by atoms with Gasteiger partial charge in [0.25, 0.3) is 0 Å². The third kappa shape index (κ3) is 4.43. The molecule has 2 heterocycles. The van der Waals surface area contributed by atoms with Crippen LogP contribution in [0.15, 0.2) is 55.0 Å². The van der Waals surface area contributed by atoms with Crippen molar-refractivity contribution in [1.82, 2.24) is 20.3 Å². The third-order valence-electron chi connectivity index (χ3n) is 5.86. The molecule has 0 radical (unpaired) electrons. The van der Waals surface area contributed by atoms with Gasteiger partial charge in [-0.05, 0) is 61.6 Å². The van der Waals surface area contributed by atoms with Crippen molar-refractivity contribution in [3.63, 3.8) is 0 Å². The Morgan fingerprint density at radius 2 is 2.18 bits per heavy atom. The van der Waals surface area contributed by atoms with Crippen LogP contribution in [0.5, 0.6) is 5.75 Å². The molecule has 6 heteroatoms. The zero-order chi connectivity index (χ0) is 22.8. The molecule has 0 bridgehead atoms. The molecule has 5 nitrogen and oxygen atoms in total. The van der Waals surface area contributed by atoms with Crippen LogP contribution in [0.25, 0.3) is 21.0 Å². The van der Waals surface area contributed by atoms with Crippen LogP contribution in [0.2, 0.25) is 0 Å². The highest BCUT2D eigenvalue weighted by Gasteiger charge is 2.25. The van der Waals surface area contributed by atoms with Crippen LogP contribution >= 0.6 is 11.3 Å². The Hall–Kier alpha value is -3.40. The first-order valence-electron chi connectivity index (χ1n) is 11.2.